The molecule has 17 heavy (non-hydrogen) atoms. The lowest BCUT2D eigenvalue weighted by Gasteiger charge is -2.17. The maximum atomic E-state index is 4.37. The zero-order valence-electron chi connectivity index (χ0n) is 11.3. The van der Waals surface area contributed by atoms with Gasteiger partial charge in [0.15, 0.2) is 0 Å². The lowest BCUT2D eigenvalue weighted by atomic mass is 10.2. The summed E-state index contributed by atoms with van der Waals surface area (Å²) in [4.78, 5) is 4.37. The third-order valence-electron chi connectivity index (χ3n) is 2.80. The van der Waals surface area contributed by atoms with E-state index in [0.29, 0.717) is 6.04 Å². The van der Waals surface area contributed by atoms with E-state index in [4.69, 9.17) is 0 Å². The van der Waals surface area contributed by atoms with Crippen molar-refractivity contribution in [2.24, 2.45) is 7.05 Å². The molecular formula is C13H25N3S. The molecule has 0 aromatic carbocycles. The topological polar surface area (TPSA) is 29.9 Å². The van der Waals surface area contributed by atoms with E-state index in [9.17, 15) is 0 Å². The molecule has 0 aliphatic rings. The van der Waals surface area contributed by atoms with E-state index in [1.54, 1.807) is 0 Å². The molecule has 0 radical (unpaired) electrons. The van der Waals surface area contributed by atoms with Crippen LogP contribution in [0, 0.1) is 0 Å². The number of hydrogen-bond acceptors (Lipinski definition) is 3. The molecule has 0 aliphatic heterocycles. The fourth-order valence-electron chi connectivity index (χ4n) is 1.84. The van der Waals surface area contributed by atoms with Crippen LogP contribution in [-0.2, 0) is 13.5 Å². The normalized spacial score (nSPS) is 12.9. The molecule has 0 spiro atoms. The van der Waals surface area contributed by atoms with Gasteiger partial charge in [-0.3, -0.25) is 0 Å². The maximum absolute atomic E-state index is 4.37. The maximum Gasteiger partial charge on any atom is 0.108 e. The second-order valence-corrected chi connectivity index (χ2v) is 5.47. The van der Waals surface area contributed by atoms with Gasteiger partial charge in [-0.15, -0.1) is 0 Å². The second-order valence-electron chi connectivity index (χ2n) is 4.32. The smallest absolute Gasteiger partial charge is 0.108 e. The molecule has 0 aliphatic carbocycles. The summed E-state index contributed by atoms with van der Waals surface area (Å²) in [7, 11) is 2.07. The van der Waals surface area contributed by atoms with Crippen LogP contribution in [0.5, 0.6) is 0 Å². The lowest BCUT2D eigenvalue weighted by Crippen LogP contribution is -2.32. The van der Waals surface area contributed by atoms with Crippen molar-refractivity contribution in [3.05, 3.63) is 18.2 Å². The first-order valence-electron chi connectivity index (χ1n) is 6.55. The molecule has 4 heteroatoms. The first kappa shape index (κ1) is 14.6. The van der Waals surface area contributed by atoms with Crippen molar-refractivity contribution in [2.45, 2.75) is 39.2 Å². The fourth-order valence-corrected chi connectivity index (χ4v) is 2.87. The summed E-state index contributed by atoms with van der Waals surface area (Å²) in [6, 6.07) is 0.619. The van der Waals surface area contributed by atoms with Crippen LogP contribution < -0.4 is 5.32 Å². The molecule has 0 bridgehead atoms. The summed E-state index contributed by atoms with van der Waals surface area (Å²) in [6.45, 7) is 5.47. The van der Waals surface area contributed by atoms with Crippen LogP contribution in [-0.4, -0.2) is 33.6 Å². The van der Waals surface area contributed by atoms with Gasteiger partial charge in [-0.1, -0.05) is 13.8 Å². The Hall–Kier alpha value is -0.480. The van der Waals surface area contributed by atoms with E-state index in [0.717, 1.165) is 13.0 Å². The molecule has 3 nitrogen and oxygen atoms in total. The standard InChI is InChI=1S/C13H25N3S/c1-4-10-17-11-12(14-5-2)6-7-13-15-8-9-16(13)3/h8-9,12,14H,4-7,10-11H2,1-3H3. The van der Waals surface area contributed by atoms with Crippen molar-refractivity contribution in [1.29, 1.82) is 0 Å². The van der Waals surface area contributed by atoms with Crippen LogP contribution >= 0.6 is 11.8 Å². The van der Waals surface area contributed by atoms with E-state index in [-0.39, 0.29) is 0 Å². The Kier molecular flexibility index (Phi) is 7.37. The average molecular weight is 255 g/mol. The van der Waals surface area contributed by atoms with E-state index in [1.165, 1.54) is 30.2 Å². The highest BCUT2D eigenvalue weighted by atomic mass is 32.2. The number of nitrogens with one attached hydrogen (secondary N) is 1. The fraction of sp³-hybridized carbons (Fsp3) is 0.769. The summed E-state index contributed by atoms with van der Waals surface area (Å²) in [6.07, 6.45) is 7.40. The molecule has 1 aromatic heterocycles. The average Bonchev–Trinajstić information content (AvgIpc) is 2.72. The Morgan fingerprint density at radius 3 is 2.88 bits per heavy atom. The van der Waals surface area contributed by atoms with Crippen molar-refractivity contribution in [3.63, 3.8) is 0 Å². The van der Waals surface area contributed by atoms with Crippen LogP contribution in [0.1, 0.15) is 32.5 Å². The van der Waals surface area contributed by atoms with E-state index >= 15 is 0 Å². The number of nitrogens with zero attached hydrogens (tertiary/aromatic N) is 2. The Balaban J connectivity index is 2.30. The van der Waals surface area contributed by atoms with Crippen LogP contribution in [0.25, 0.3) is 0 Å². The van der Waals surface area contributed by atoms with Gasteiger partial charge in [0.2, 0.25) is 0 Å². The predicted octanol–water partition coefficient (Wildman–Crippen LogP) is 2.47. The Bertz CT molecular complexity index is 299. The first-order chi connectivity index (χ1) is 8.27. The van der Waals surface area contributed by atoms with Crippen molar-refractivity contribution in [1.82, 2.24) is 14.9 Å². The molecule has 1 aromatic rings. The van der Waals surface area contributed by atoms with Crippen molar-refractivity contribution < 1.29 is 0 Å². The van der Waals surface area contributed by atoms with Crippen LogP contribution in [0.4, 0.5) is 0 Å². The zero-order valence-corrected chi connectivity index (χ0v) is 12.1. The molecule has 1 unspecified atom stereocenters. The molecule has 0 saturated carbocycles. The van der Waals surface area contributed by atoms with Gasteiger partial charge >= 0.3 is 0 Å². The van der Waals surface area contributed by atoms with Crippen LogP contribution in [0.3, 0.4) is 0 Å². The van der Waals surface area contributed by atoms with Crippen molar-refractivity contribution in [3.8, 4) is 0 Å². The minimum Gasteiger partial charge on any atom is -0.338 e. The van der Waals surface area contributed by atoms with Gasteiger partial charge < -0.3 is 9.88 Å². The van der Waals surface area contributed by atoms with Gasteiger partial charge in [-0.2, -0.15) is 11.8 Å². The van der Waals surface area contributed by atoms with Crippen molar-refractivity contribution in [2.75, 3.05) is 18.1 Å². The Labute approximate surface area is 109 Å². The van der Waals surface area contributed by atoms with Gasteiger partial charge in [0.25, 0.3) is 0 Å². The summed E-state index contributed by atoms with van der Waals surface area (Å²) < 4.78 is 2.11. The number of rotatable bonds is 9. The van der Waals surface area contributed by atoms with E-state index in [1.807, 2.05) is 12.4 Å². The highest BCUT2D eigenvalue weighted by Crippen LogP contribution is 2.10. The van der Waals surface area contributed by atoms with Crippen molar-refractivity contribution >= 4 is 11.8 Å². The largest absolute Gasteiger partial charge is 0.338 e. The molecule has 98 valence electrons. The molecule has 0 saturated heterocycles. The molecular weight excluding hydrogens is 230 g/mol. The lowest BCUT2D eigenvalue weighted by molar-refractivity contribution is 0.526. The van der Waals surface area contributed by atoms with E-state index < -0.39 is 0 Å². The minimum atomic E-state index is 0.619. The van der Waals surface area contributed by atoms with E-state index in [2.05, 4.69) is 47.5 Å². The zero-order chi connectivity index (χ0) is 12.5. The summed E-state index contributed by atoms with van der Waals surface area (Å²) in [5.41, 5.74) is 0. The molecule has 1 N–H and O–H groups in total. The number of thioether (sulfide) groups is 1. The number of imidazole rings is 1. The molecule has 0 amide bonds. The Morgan fingerprint density at radius 1 is 1.47 bits per heavy atom. The van der Waals surface area contributed by atoms with Gasteiger partial charge in [0.05, 0.1) is 0 Å². The monoisotopic (exact) mass is 255 g/mol. The molecule has 0 fully saturated rings. The molecule has 1 atom stereocenters. The summed E-state index contributed by atoms with van der Waals surface area (Å²) in [5.74, 6) is 3.67. The highest BCUT2D eigenvalue weighted by Gasteiger charge is 2.09. The minimum absolute atomic E-state index is 0.619. The summed E-state index contributed by atoms with van der Waals surface area (Å²) >= 11 is 2.05. The third-order valence-corrected chi connectivity index (χ3v) is 4.13. The number of hydrogen-bond donors (Lipinski definition) is 1. The molecule has 1 heterocycles. The third kappa shape index (κ3) is 5.59. The first-order valence-corrected chi connectivity index (χ1v) is 7.70. The highest BCUT2D eigenvalue weighted by molar-refractivity contribution is 7.99. The molecule has 1 rings (SSSR count). The Morgan fingerprint density at radius 2 is 2.29 bits per heavy atom. The van der Waals surface area contributed by atoms with Crippen LogP contribution in [0.2, 0.25) is 0 Å². The second kappa shape index (κ2) is 8.59. The predicted molar refractivity (Wildman–Crippen MR) is 76.6 cm³/mol. The quantitative estimate of drug-likeness (QED) is 0.688. The van der Waals surface area contributed by atoms with Crippen LogP contribution in [0.15, 0.2) is 12.4 Å². The van der Waals surface area contributed by atoms with Gasteiger partial charge in [-0.25, -0.2) is 4.98 Å². The van der Waals surface area contributed by atoms with Gasteiger partial charge in [0.1, 0.15) is 5.82 Å². The number of aromatic nitrogens is 2. The van der Waals surface area contributed by atoms with Gasteiger partial charge in [0, 0.05) is 37.7 Å². The van der Waals surface area contributed by atoms with Gasteiger partial charge in [-0.05, 0) is 25.1 Å². The summed E-state index contributed by atoms with van der Waals surface area (Å²) in [5, 5.41) is 3.57. The SMILES string of the molecule is CCCSCC(CCc1nccn1C)NCC. The number of aryl methyl sites for hydroxylation is 2.